The van der Waals surface area contributed by atoms with Gasteiger partial charge in [-0.1, -0.05) is 6.92 Å². The Morgan fingerprint density at radius 3 is 2.58 bits per heavy atom. The minimum absolute atomic E-state index is 0.204. The van der Waals surface area contributed by atoms with Crippen LogP contribution >= 0.6 is 0 Å². The Hall–Kier alpha value is -0.570. The van der Waals surface area contributed by atoms with Crippen LogP contribution in [0.25, 0.3) is 0 Å². The van der Waals surface area contributed by atoms with E-state index in [1.54, 1.807) is 4.90 Å². The maximum atomic E-state index is 11.4. The van der Waals surface area contributed by atoms with Gasteiger partial charge in [0, 0.05) is 19.5 Å². The second-order valence-electron chi connectivity index (χ2n) is 3.15. The van der Waals surface area contributed by atoms with E-state index in [0.717, 1.165) is 12.8 Å². The molecule has 0 aromatic heterocycles. The second kappa shape index (κ2) is 6.00. The molecule has 3 nitrogen and oxygen atoms in total. The molecule has 1 amide bonds. The maximum Gasteiger partial charge on any atom is 0.222 e. The zero-order valence-electron chi connectivity index (χ0n) is 8.34. The summed E-state index contributed by atoms with van der Waals surface area (Å²) in [6.45, 7) is 4.73. The third-order valence-electron chi connectivity index (χ3n) is 2.24. The maximum absolute atomic E-state index is 11.4. The summed E-state index contributed by atoms with van der Waals surface area (Å²) in [4.78, 5) is 13.2. The molecule has 0 heterocycles. The van der Waals surface area contributed by atoms with Crippen LogP contribution in [-0.2, 0) is 4.79 Å². The van der Waals surface area contributed by atoms with E-state index in [-0.39, 0.29) is 5.91 Å². The van der Waals surface area contributed by atoms with Gasteiger partial charge in [-0.25, -0.2) is 0 Å². The molecule has 0 rings (SSSR count). The fraction of sp³-hybridized carbons (Fsp3) is 0.889. The largest absolute Gasteiger partial charge is 0.343 e. The summed E-state index contributed by atoms with van der Waals surface area (Å²) in [7, 11) is 1.85. The second-order valence-corrected chi connectivity index (χ2v) is 3.15. The van der Waals surface area contributed by atoms with Gasteiger partial charge in [0.15, 0.2) is 0 Å². The van der Waals surface area contributed by atoms with Gasteiger partial charge >= 0.3 is 0 Å². The third kappa shape index (κ3) is 3.72. The van der Waals surface area contributed by atoms with Crippen molar-refractivity contribution in [2.75, 3.05) is 13.6 Å². The SMILES string of the molecule is CCC(C)N(C)C(=O)CCCN. The Morgan fingerprint density at radius 2 is 2.17 bits per heavy atom. The van der Waals surface area contributed by atoms with Crippen LogP contribution in [0.2, 0.25) is 0 Å². The van der Waals surface area contributed by atoms with Crippen molar-refractivity contribution in [3.05, 3.63) is 0 Å². The minimum Gasteiger partial charge on any atom is -0.343 e. The molecule has 2 N–H and O–H groups in total. The fourth-order valence-corrected chi connectivity index (χ4v) is 0.949. The standard InChI is InChI=1S/C9H20N2O/c1-4-8(2)11(3)9(12)6-5-7-10/h8H,4-7,10H2,1-3H3. The first-order chi connectivity index (χ1) is 5.63. The Kier molecular flexibility index (Phi) is 5.72. The smallest absolute Gasteiger partial charge is 0.222 e. The minimum atomic E-state index is 0.204. The molecule has 1 atom stereocenters. The molecule has 0 fully saturated rings. The average molecular weight is 172 g/mol. The van der Waals surface area contributed by atoms with Crippen LogP contribution in [0.4, 0.5) is 0 Å². The summed E-state index contributed by atoms with van der Waals surface area (Å²) >= 11 is 0. The monoisotopic (exact) mass is 172 g/mol. The van der Waals surface area contributed by atoms with Crippen LogP contribution in [0.3, 0.4) is 0 Å². The van der Waals surface area contributed by atoms with Gasteiger partial charge < -0.3 is 10.6 Å². The number of nitrogens with zero attached hydrogens (tertiary/aromatic N) is 1. The van der Waals surface area contributed by atoms with Gasteiger partial charge in [-0.05, 0) is 26.3 Å². The Morgan fingerprint density at radius 1 is 1.58 bits per heavy atom. The topological polar surface area (TPSA) is 46.3 Å². The van der Waals surface area contributed by atoms with E-state index in [1.165, 1.54) is 0 Å². The first-order valence-corrected chi connectivity index (χ1v) is 4.59. The van der Waals surface area contributed by atoms with Crippen molar-refractivity contribution in [1.82, 2.24) is 4.90 Å². The molecule has 0 aliphatic rings. The summed E-state index contributed by atoms with van der Waals surface area (Å²) < 4.78 is 0. The first kappa shape index (κ1) is 11.4. The Bertz CT molecular complexity index is 136. The number of nitrogens with two attached hydrogens (primary N) is 1. The zero-order valence-corrected chi connectivity index (χ0v) is 8.34. The highest BCUT2D eigenvalue weighted by molar-refractivity contribution is 5.76. The molecule has 0 aliphatic heterocycles. The van der Waals surface area contributed by atoms with Crippen molar-refractivity contribution in [2.24, 2.45) is 5.73 Å². The van der Waals surface area contributed by atoms with Gasteiger partial charge in [-0.3, -0.25) is 4.79 Å². The number of carbonyl (C=O) groups excluding carboxylic acids is 1. The molecular formula is C9H20N2O. The van der Waals surface area contributed by atoms with E-state index in [9.17, 15) is 4.79 Å². The normalized spacial score (nSPS) is 12.7. The molecule has 1 unspecified atom stereocenters. The highest BCUT2D eigenvalue weighted by Gasteiger charge is 2.12. The van der Waals surface area contributed by atoms with Crippen LogP contribution < -0.4 is 5.73 Å². The quantitative estimate of drug-likeness (QED) is 0.672. The summed E-state index contributed by atoms with van der Waals surface area (Å²) in [5.74, 6) is 0.204. The molecule has 0 radical (unpaired) electrons. The van der Waals surface area contributed by atoms with Crippen molar-refractivity contribution in [1.29, 1.82) is 0 Å². The van der Waals surface area contributed by atoms with Gasteiger partial charge in [-0.2, -0.15) is 0 Å². The molecule has 0 spiro atoms. The van der Waals surface area contributed by atoms with Crippen molar-refractivity contribution in [3.63, 3.8) is 0 Å². The summed E-state index contributed by atoms with van der Waals surface area (Å²) in [6.07, 6.45) is 2.38. The summed E-state index contributed by atoms with van der Waals surface area (Å²) in [6, 6.07) is 0.343. The first-order valence-electron chi connectivity index (χ1n) is 4.59. The van der Waals surface area contributed by atoms with Crippen molar-refractivity contribution in [3.8, 4) is 0 Å². The third-order valence-corrected chi connectivity index (χ3v) is 2.24. The molecule has 72 valence electrons. The van der Waals surface area contributed by atoms with Crippen molar-refractivity contribution >= 4 is 5.91 Å². The molecule has 0 bridgehead atoms. The van der Waals surface area contributed by atoms with Crippen LogP contribution in [0.15, 0.2) is 0 Å². The summed E-state index contributed by atoms with van der Waals surface area (Å²) in [5.41, 5.74) is 5.31. The lowest BCUT2D eigenvalue weighted by Crippen LogP contribution is -2.34. The van der Waals surface area contributed by atoms with E-state index in [1.807, 2.05) is 7.05 Å². The highest BCUT2D eigenvalue weighted by Crippen LogP contribution is 2.03. The summed E-state index contributed by atoms with van der Waals surface area (Å²) in [5, 5.41) is 0. The predicted octanol–water partition coefficient (Wildman–Crippen LogP) is 0.982. The number of hydrogen-bond acceptors (Lipinski definition) is 2. The number of carbonyl (C=O) groups is 1. The van der Waals surface area contributed by atoms with Crippen LogP contribution in [0.1, 0.15) is 33.1 Å². The van der Waals surface area contributed by atoms with Gasteiger partial charge in [0.25, 0.3) is 0 Å². The van der Waals surface area contributed by atoms with Gasteiger partial charge in [0.1, 0.15) is 0 Å². The molecular weight excluding hydrogens is 152 g/mol. The van der Waals surface area contributed by atoms with E-state index in [2.05, 4.69) is 13.8 Å². The molecule has 0 aromatic carbocycles. The average Bonchev–Trinajstić information content (AvgIpc) is 2.11. The van der Waals surface area contributed by atoms with Crippen LogP contribution in [0.5, 0.6) is 0 Å². The molecule has 0 saturated heterocycles. The lowest BCUT2D eigenvalue weighted by Gasteiger charge is -2.23. The molecule has 0 aliphatic carbocycles. The number of rotatable bonds is 5. The molecule has 3 heteroatoms. The fourth-order valence-electron chi connectivity index (χ4n) is 0.949. The van der Waals surface area contributed by atoms with Gasteiger partial charge in [0.05, 0.1) is 0 Å². The number of hydrogen-bond donors (Lipinski definition) is 1. The van der Waals surface area contributed by atoms with Crippen LogP contribution in [0, 0.1) is 0 Å². The van der Waals surface area contributed by atoms with Gasteiger partial charge in [-0.15, -0.1) is 0 Å². The molecule has 12 heavy (non-hydrogen) atoms. The Labute approximate surface area is 74.9 Å². The molecule has 0 saturated carbocycles. The number of amides is 1. The lowest BCUT2D eigenvalue weighted by molar-refractivity contribution is -0.131. The lowest BCUT2D eigenvalue weighted by atomic mass is 10.2. The zero-order chi connectivity index (χ0) is 9.56. The van der Waals surface area contributed by atoms with E-state index < -0.39 is 0 Å². The van der Waals surface area contributed by atoms with Crippen molar-refractivity contribution < 1.29 is 4.79 Å². The van der Waals surface area contributed by atoms with Gasteiger partial charge in [0.2, 0.25) is 5.91 Å². The van der Waals surface area contributed by atoms with Crippen LogP contribution in [-0.4, -0.2) is 30.4 Å². The predicted molar refractivity (Wildman–Crippen MR) is 50.8 cm³/mol. The molecule has 0 aromatic rings. The van der Waals surface area contributed by atoms with Crippen molar-refractivity contribution in [2.45, 2.75) is 39.2 Å². The Balaban J connectivity index is 3.75. The van der Waals surface area contributed by atoms with E-state index in [0.29, 0.717) is 19.0 Å². The van der Waals surface area contributed by atoms with E-state index in [4.69, 9.17) is 5.73 Å². The highest BCUT2D eigenvalue weighted by atomic mass is 16.2. The van der Waals surface area contributed by atoms with E-state index >= 15 is 0 Å².